The summed E-state index contributed by atoms with van der Waals surface area (Å²) in [7, 11) is 0. The monoisotopic (exact) mass is 765 g/mol. The molecule has 13 rings (SSSR count). The lowest BCUT2D eigenvalue weighted by Gasteiger charge is -2.46. The summed E-state index contributed by atoms with van der Waals surface area (Å²) in [6.45, 7) is 14.1. The van der Waals surface area contributed by atoms with Gasteiger partial charge >= 0.3 is 0 Å². The third-order valence-corrected chi connectivity index (χ3v) is 14.4. The average Bonchev–Trinajstić information content (AvgIpc) is 3.90. The summed E-state index contributed by atoms with van der Waals surface area (Å²) in [4.78, 5) is 5.21. The molecule has 10 aromatic rings. The van der Waals surface area contributed by atoms with Gasteiger partial charge in [-0.3, -0.25) is 0 Å². The first kappa shape index (κ1) is 32.8. The fraction of sp³-hybridized carbons (Fsp3) is 0.154. The first-order chi connectivity index (χ1) is 28.1. The highest BCUT2D eigenvalue weighted by molar-refractivity contribution is 7.33. The van der Waals surface area contributed by atoms with E-state index >= 15 is 0 Å². The number of hydrogen-bond donors (Lipinski definition) is 0. The number of benzene rings is 7. The van der Waals surface area contributed by atoms with Crippen molar-refractivity contribution in [1.82, 2.24) is 4.57 Å². The lowest BCUT2D eigenvalue weighted by Crippen LogP contribution is -2.61. The molecule has 3 aliphatic heterocycles. The van der Waals surface area contributed by atoms with Gasteiger partial charge in [-0.1, -0.05) is 120 Å². The Morgan fingerprint density at radius 2 is 1.17 bits per heavy atom. The fourth-order valence-electron chi connectivity index (χ4n) is 10.4. The van der Waals surface area contributed by atoms with Crippen LogP contribution < -0.4 is 25.5 Å². The van der Waals surface area contributed by atoms with Gasteiger partial charge in [0, 0.05) is 47.8 Å². The lowest BCUT2D eigenvalue weighted by molar-refractivity contribution is 0.590. The molecular weight excluding hydrogens is 725 g/mol. The zero-order chi connectivity index (χ0) is 39.0. The van der Waals surface area contributed by atoms with Crippen LogP contribution >= 0.6 is 11.3 Å². The molecule has 58 heavy (non-hydrogen) atoms. The van der Waals surface area contributed by atoms with E-state index in [1.54, 1.807) is 0 Å². The van der Waals surface area contributed by atoms with Crippen LogP contribution in [0.15, 0.2) is 138 Å². The SMILES string of the molecule is CC(C)(C)c1cc2c3c(c1)N1c4c(cccc4-n4c5ccccc5c5cccc1c54)B3c1sc3ccc(C(C)(C)C)cc3c1N2c1cccc2c1oc1ccccc12. The summed E-state index contributed by atoms with van der Waals surface area (Å²) >= 11 is 1.96. The number of furan rings is 1. The smallest absolute Gasteiger partial charge is 0.264 e. The van der Waals surface area contributed by atoms with Gasteiger partial charge in [0.25, 0.3) is 6.71 Å². The second kappa shape index (κ2) is 10.8. The molecule has 0 amide bonds. The topological polar surface area (TPSA) is 24.6 Å². The molecule has 4 nitrogen and oxygen atoms in total. The quantitative estimate of drug-likeness (QED) is 0.156. The van der Waals surface area contributed by atoms with Crippen LogP contribution in [-0.4, -0.2) is 11.3 Å². The van der Waals surface area contributed by atoms with Gasteiger partial charge in [-0.15, -0.1) is 11.3 Å². The first-order valence-corrected chi connectivity index (χ1v) is 21.3. The van der Waals surface area contributed by atoms with Crippen LogP contribution in [0.25, 0.3) is 59.5 Å². The van der Waals surface area contributed by atoms with E-state index in [4.69, 9.17) is 4.42 Å². The second-order valence-corrected chi connectivity index (χ2v) is 19.6. The maximum absolute atomic E-state index is 6.91. The molecule has 0 saturated carbocycles. The summed E-state index contributed by atoms with van der Waals surface area (Å²) in [5.41, 5.74) is 18.1. The number of anilines is 6. The van der Waals surface area contributed by atoms with Gasteiger partial charge in [-0.2, -0.15) is 0 Å². The van der Waals surface area contributed by atoms with Crippen LogP contribution in [-0.2, 0) is 10.8 Å². The van der Waals surface area contributed by atoms with Crippen LogP contribution in [0.1, 0.15) is 52.7 Å². The van der Waals surface area contributed by atoms with Gasteiger partial charge in [-0.05, 0) is 87.5 Å². The van der Waals surface area contributed by atoms with Crippen LogP contribution in [0.4, 0.5) is 34.1 Å². The van der Waals surface area contributed by atoms with E-state index in [9.17, 15) is 0 Å². The number of thiophene rings is 1. The van der Waals surface area contributed by atoms with Crippen molar-refractivity contribution >= 4 is 122 Å². The predicted molar refractivity (Wildman–Crippen MR) is 248 cm³/mol. The Hall–Kier alpha value is -6.24. The Labute approximate surface area is 341 Å². The van der Waals surface area contributed by atoms with Crippen molar-refractivity contribution in [2.75, 3.05) is 9.80 Å². The van der Waals surface area contributed by atoms with E-state index in [0.717, 1.165) is 27.6 Å². The van der Waals surface area contributed by atoms with Gasteiger partial charge < -0.3 is 18.8 Å². The molecule has 0 atom stereocenters. The Kier molecular flexibility index (Phi) is 6.12. The fourth-order valence-corrected chi connectivity index (χ4v) is 11.7. The molecule has 7 aromatic carbocycles. The Morgan fingerprint density at radius 3 is 1.97 bits per heavy atom. The molecule has 0 bridgehead atoms. The van der Waals surface area contributed by atoms with Gasteiger partial charge in [0.2, 0.25) is 0 Å². The number of para-hydroxylation sites is 5. The molecule has 278 valence electrons. The zero-order valence-electron chi connectivity index (χ0n) is 33.4. The largest absolute Gasteiger partial charge is 0.454 e. The minimum absolute atomic E-state index is 0.00611. The Morgan fingerprint density at radius 1 is 0.517 bits per heavy atom. The van der Waals surface area contributed by atoms with Crippen molar-refractivity contribution in [3.8, 4) is 5.69 Å². The molecule has 6 heteroatoms. The molecule has 0 fully saturated rings. The van der Waals surface area contributed by atoms with E-state index in [1.165, 1.54) is 92.8 Å². The molecule has 6 heterocycles. The standard InChI is InChI=1S/C52H40BN3OS/c1-51(2,3)29-24-25-44-35(26-29)47-50(58-44)53-36-18-13-21-39-48(36)55(38-20-11-16-33-31-14-7-9-19-37(31)54(39)46(33)38)41-27-30(52(4,5)6)28-42(45(41)53)56(47)40-22-12-17-34-32-15-8-10-23-43(32)57-49(34)40/h7-28H,1-6H3. The highest BCUT2D eigenvalue weighted by Crippen LogP contribution is 2.55. The number of hydrogen-bond acceptors (Lipinski definition) is 4. The van der Waals surface area contributed by atoms with Gasteiger partial charge in [-0.25, -0.2) is 0 Å². The van der Waals surface area contributed by atoms with Crippen molar-refractivity contribution in [2.24, 2.45) is 0 Å². The lowest BCUT2D eigenvalue weighted by atomic mass is 9.36. The van der Waals surface area contributed by atoms with Crippen LogP contribution in [0, 0.1) is 0 Å². The number of fused-ring (bicyclic) bond motifs is 14. The molecule has 0 N–H and O–H groups in total. The third kappa shape index (κ3) is 4.06. The molecular formula is C52H40BN3OS. The van der Waals surface area contributed by atoms with E-state index in [1.807, 2.05) is 11.3 Å². The minimum Gasteiger partial charge on any atom is -0.454 e. The molecule has 3 aromatic heterocycles. The van der Waals surface area contributed by atoms with Crippen LogP contribution in [0.3, 0.4) is 0 Å². The zero-order valence-corrected chi connectivity index (χ0v) is 34.3. The van der Waals surface area contributed by atoms with Crippen LogP contribution in [0.2, 0.25) is 0 Å². The summed E-state index contributed by atoms with van der Waals surface area (Å²) in [6, 6.07) is 50.2. The van der Waals surface area contributed by atoms with E-state index < -0.39 is 0 Å². The number of rotatable bonds is 1. The van der Waals surface area contributed by atoms with E-state index in [2.05, 4.69) is 189 Å². The van der Waals surface area contributed by atoms with Crippen LogP contribution in [0.5, 0.6) is 0 Å². The van der Waals surface area contributed by atoms with Gasteiger partial charge in [0.05, 0.1) is 39.5 Å². The summed E-state index contributed by atoms with van der Waals surface area (Å²) in [5, 5.41) is 6.14. The molecule has 0 aliphatic carbocycles. The maximum atomic E-state index is 6.91. The molecule has 0 spiro atoms. The Balaban J connectivity index is 1.22. The molecule has 0 saturated heterocycles. The average molecular weight is 766 g/mol. The minimum atomic E-state index is -0.120. The molecule has 3 aliphatic rings. The summed E-state index contributed by atoms with van der Waals surface area (Å²) in [6.07, 6.45) is 0. The first-order valence-electron chi connectivity index (χ1n) is 20.5. The maximum Gasteiger partial charge on any atom is 0.264 e. The van der Waals surface area contributed by atoms with E-state index in [-0.39, 0.29) is 17.5 Å². The number of aromatic nitrogens is 1. The van der Waals surface area contributed by atoms with Gasteiger partial charge in [0.1, 0.15) is 5.58 Å². The summed E-state index contributed by atoms with van der Waals surface area (Å²) in [5.74, 6) is 0. The number of nitrogens with zero attached hydrogens (tertiary/aromatic N) is 3. The van der Waals surface area contributed by atoms with Gasteiger partial charge in [0.15, 0.2) is 5.58 Å². The predicted octanol–water partition coefficient (Wildman–Crippen LogP) is 12.9. The van der Waals surface area contributed by atoms with Crippen molar-refractivity contribution in [3.63, 3.8) is 0 Å². The van der Waals surface area contributed by atoms with Crippen molar-refractivity contribution in [3.05, 3.63) is 145 Å². The van der Waals surface area contributed by atoms with E-state index in [0.29, 0.717) is 0 Å². The van der Waals surface area contributed by atoms with Crippen molar-refractivity contribution in [2.45, 2.75) is 52.4 Å². The second-order valence-electron chi connectivity index (χ2n) is 18.6. The molecule has 0 unspecified atom stereocenters. The third-order valence-electron chi connectivity index (χ3n) is 13.2. The summed E-state index contributed by atoms with van der Waals surface area (Å²) < 4.78 is 12.1. The molecule has 0 radical (unpaired) electrons. The highest BCUT2D eigenvalue weighted by Gasteiger charge is 2.48. The highest BCUT2D eigenvalue weighted by atomic mass is 32.1. The Bertz CT molecular complexity index is 3460. The van der Waals surface area contributed by atoms with Crippen molar-refractivity contribution < 1.29 is 4.42 Å². The van der Waals surface area contributed by atoms with Crippen molar-refractivity contribution in [1.29, 1.82) is 0 Å². The normalized spacial score (nSPS) is 14.3.